The molecule has 0 fully saturated rings. The number of aliphatic carboxylic acids is 1. The zero-order valence-electron chi connectivity index (χ0n) is 5.82. The van der Waals surface area contributed by atoms with Crippen LogP contribution in [-0.4, -0.2) is 86.2 Å². The molecule has 0 aliphatic heterocycles. The van der Waals surface area contributed by atoms with Crippen LogP contribution < -0.4 is 5.73 Å². The van der Waals surface area contributed by atoms with E-state index in [9.17, 15) is 4.79 Å². The number of carbonyl (C=O) groups is 1. The van der Waals surface area contributed by atoms with Crippen molar-refractivity contribution in [2.75, 3.05) is 0 Å². The van der Waals surface area contributed by atoms with Gasteiger partial charge in [-0.05, 0) is 0 Å². The Morgan fingerprint density at radius 1 is 1.69 bits per heavy atom. The van der Waals surface area contributed by atoms with Crippen molar-refractivity contribution in [3.63, 3.8) is 0 Å². The third kappa shape index (κ3) is 5.85. The van der Waals surface area contributed by atoms with E-state index in [0.717, 1.165) is 5.69 Å². The molecule has 1 aromatic heterocycles. The molecule has 7 heteroatoms. The van der Waals surface area contributed by atoms with E-state index in [2.05, 4.69) is 9.97 Å². The van der Waals surface area contributed by atoms with Gasteiger partial charge in [0.2, 0.25) is 0 Å². The first-order valence-electron chi connectivity index (χ1n) is 3.16. The van der Waals surface area contributed by atoms with E-state index in [1.807, 2.05) is 0 Å². The van der Waals surface area contributed by atoms with Crippen molar-refractivity contribution in [3.05, 3.63) is 18.2 Å². The third-order valence-corrected chi connectivity index (χ3v) is 1.31. The molecule has 4 N–H and O–H groups in total. The average molecular weight is 203 g/mol. The molecule has 0 bridgehead atoms. The van der Waals surface area contributed by atoms with Gasteiger partial charge in [0.05, 0.1) is 6.33 Å². The van der Waals surface area contributed by atoms with Crippen molar-refractivity contribution in [3.8, 4) is 0 Å². The van der Waals surface area contributed by atoms with Gasteiger partial charge < -0.3 is 15.8 Å². The molecule has 0 saturated carbocycles. The summed E-state index contributed by atoms with van der Waals surface area (Å²) in [5, 5.41) is 8.42. The molecule has 0 unspecified atom stereocenters. The summed E-state index contributed by atoms with van der Waals surface area (Å²) in [4.78, 5) is 16.8. The predicted octanol–water partition coefficient (Wildman–Crippen LogP) is -1.93. The molecule has 1 heterocycles. The zero-order chi connectivity index (χ0) is 8.27. The molecule has 0 aliphatic rings. The van der Waals surface area contributed by atoms with Gasteiger partial charge in [-0.2, -0.15) is 0 Å². The maximum atomic E-state index is 10.3. The zero-order valence-corrected chi connectivity index (χ0v) is 5.82. The van der Waals surface area contributed by atoms with Crippen LogP contribution in [0.15, 0.2) is 12.5 Å². The number of hydrogen-bond donors (Lipinski definition) is 3. The van der Waals surface area contributed by atoms with Gasteiger partial charge in [0.1, 0.15) is 6.04 Å². The predicted molar refractivity (Wildman–Crippen MR) is 52.2 cm³/mol. The molecule has 64 valence electrons. The molecule has 0 aliphatic carbocycles. The first kappa shape index (κ1) is 16.1. The average Bonchev–Trinajstić information content (AvgIpc) is 2.39. The van der Waals surface area contributed by atoms with E-state index in [1.54, 1.807) is 6.20 Å². The number of hydrogen-bond acceptors (Lipinski definition) is 3. The number of nitrogens with two attached hydrogens (primary N) is 1. The summed E-state index contributed by atoms with van der Waals surface area (Å²) in [5.74, 6) is -1.00. The normalized spacial score (nSPS) is 10.8. The number of aromatic nitrogens is 2. The Labute approximate surface area is 120 Å². The Kier molecular flexibility index (Phi) is 9.89. The molecular formula is C6H11N3Na2O2. The summed E-state index contributed by atoms with van der Waals surface area (Å²) in [7, 11) is 0. The molecule has 5 nitrogen and oxygen atoms in total. The monoisotopic (exact) mass is 203 g/mol. The maximum absolute atomic E-state index is 10.3. The van der Waals surface area contributed by atoms with E-state index in [1.165, 1.54) is 6.33 Å². The topological polar surface area (TPSA) is 92.0 Å². The van der Waals surface area contributed by atoms with Crippen LogP contribution in [0.5, 0.6) is 0 Å². The van der Waals surface area contributed by atoms with Crippen molar-refractivity contribution in [2.45, 2.75) is 12.5 Å². The van der Waals surface area contributed by atoms with Gasteiger partial charge in [-0.15, -0.1) is 0 Å². The third-order valence-electron chi connectivity index (χ3n) is 1.31. The van der Waals surface area contributed by atoms with Crippen molar-refractivity contribution in [1.29, 1.82) is 0 Å². The number of carboxylic acids is 1. The second-order valence-corrected chi connectivity index (χ2v) is 2.23. The fourth-order valence-corrected chi connectivity index (χ4v) is 0.721. The van der Waals surface area contributed by atoms with Crippen LogP contribution >= 0.6 is 0 Å². The number of rotatable bonds is 3. The summed E-state index contributed by atoms with van der Waals surface area (Å²) in [5.41, 5.74) is 6.00. The van der Waals surface area contributed by atoms with Gasteiger partial charge in [-0.25, -0.2) is 4.98 Å². The molecule has 1 aromatic rings. The van der Waals surface area contributed by atoms with Crippen LogP contribution in [0.1, 0.15) is 5.69 Å². The molecular weight excluding hydrogens is 192 g/mol. The summed E-state index contributed by atoms with van der Waals surface area (Å²) in [6, 6.07) is -0.851. The van der Waals surface area contributed by atoms with Crippen molar-refractivity contribution in [2.24, 2.45) is 5.73 Å². The molecule has 1 rings (SSSR count). The van der Waals surface area contributed by atoms with Crippen molar-refractivity contribution < 1.29 is 9.90 Å². The van der Waals surface area contributed by atoms with Crippen LogP contribution in [-0.2, 0) is 11.2 Å². The van der Waals surface area contributed by atoms with E-state index < -0.39 is 12.0 Å². The first-order chi connectivity index (χ1) is 5.20. The van der Waals surface area contributed by atoms with Gasteiger partial charge in [-0.3, -0.25) is 4.79 Å². The molecule has 1 atom stereocenters. The van der Waals surface area contributed by atoms with Gasteiger partial charge in [0, 0.05) is 18.3 Å². The number of nitrogens with one attached hydrogen (secondary N) is 1. The Bertz CT molecular complexity index is 240. The SMILES string of the molecule is N[C@@H](Cc1cnc[nH]1)C(=O)O.[NaH].[NaH]. The summed E-state index contributed by atoms with van der Waals surface area (Å²) in [6.45, 7) is 0. The number of H-pyrrole nitrogens is 1. The Morgan fingerprint density at radius 3 is 2.69 bits per heavy atom. The van der Waals surface area contributed by atoms with Crippen LogP contribution in [0.25, 0.3) is 0 Å². The standard InChI is InChI=1S/C6H9N3O2.2Na.2H/c7-5(6(10)11)1-4-2-8-3-9-4;;;;/h2-3,5H,1,7H2,(H,8,9)(H,10,11);;;;/t5-;;;;/m0..../s1. The fourth-order valence-electron chi connectivity index (χ4n) is 0.721. The van der Waals surface area contributed by atoms with Crippen LogP contribution in [0.4, 0.5) is 0 Å². The molecule has 0 spiro atoms. The Balaban J connectivity index is 0. The number of imidazole rings is 1. The molecule has 0 amide bonds. The number of carboxylic acid groups (broad SMARTS) is 1. The summed E-state index contributed by atoms with van der Waals surface area (Å²) < 4.78 is 0. The van der Waals surface area contributed by atoms with Crippen LogP contribution in [0.3, 0.4) is 0 Å². The van der Waals surface area contributed by atoms with Crippen LogP contribution in [0.2, 0.25) is 0 Å². The quantitative estimate of drug-likeness (QED) is 0.499. The van der Waals surface area contributed by atoms with E-state index in [-0.39, 0.29) is 65.5 Å². The summed E-state index contributed by atoms with van der Waals surface area (Å²) in [6.07, 6.45) is 3.34. The van der Waals surface area contributed by atoms with Gasteiger partial charge in [0.15, 0.2) is 0 Å². The fraction of sp³-hybridized carbons (Fsp3) is 0.333. The Morgan fingerprint density at radius 2 is 2.31 bits per heavy atom. The molecule has 0 aromatic carbocycles. The number of aromatic amines is 1. The molecule has 0 radical (unpaired) electrons. The molecule has 13 heavy (non-hydrogen) atoms. The van der Waals surface area contributed by atoms with E-state index >= 15 is 0 Å². The Hall–Kier alpha value is 0.640. The van der Waals surface area contributed by atoms with Crippen LogP contribution in [0, 0.1) is 0 Å². The van der Waals surface area contributed by atoms with Crippen molar-refractivity contribution >= 4 is 65.1 Å². The second-order valence-electron chi connectivity index (χ2n) is 2.23. The van der Waals surface area contributed by atoms with Crippen molar-refractivity contribution in [1.82, 2.24) is 9.97 Å². The van der Waals surface area contributed by atoms with Gasteiger partial charge in [-0.1, -0.05) is 0 Å². The second kappa shape index (κ2) is 7.99. The first-order valence-corrected chi connectivity index (χ1v) is 3.16. The van der Waals surface area contributed by atoms with E-state index in [0.29, 0.717) is 0 Å². The van der Waals surface area contributed by atoms with E-state index in [4.69, 9.17) is 10.8 Å². The molecule has 0 saturated heterocycles. The minimum atomic E-state index is -1.00. The minimum absolute atomic E-state index is 0. The number of nitrogens with zero attached hydrogens (tertiary/aromatic N) is 1. The summed E-state index contributed by atoms with van der Waals surface area (Å²) >= 11 is 0. The van der Waals surface area contributed by atoms with Gasteiger partial charge >= 0.3 is 65.1 Å². The van der Waals surface area contributed by atoms with Gasteiger partial charge in [0.25, 0.3) is 0 Å².